The van der Waals surface area contributed by atoms with Crippen molar-refractivity contribution in [3.05, 3.63) is 78.6 Å². The number of nitrogens with zero attached hydrogens (tertiary/aromatic N) is 4. The Labute approximate surface area is 186 Å². The van der Waals surface area contributed by atoms with Gasteiger partial charge in [0.15, 0.2) is 11.0 Å². The number of nitrogens with one attached hydrogen (secondary N) is 1. The first-order valence-corrected chi connectivity index (χ1v) is 10.4. The zero-order valence-corrected chi connectivity index (χ0v) is 17.6. The first-order chi connectivity index (χ1) is 15.5. The second kappa shape index (κ2) is 9.56. The van der Waals surface area contributed by atoms with Gasteiger partial charge in [0.05, 0.1) is 18.6 Å². The number of rotatable bonds is 7. The van der Waals surface area contributed by atoms with Crippen LogP contribution in [0, 0.1) is 11.6 Å². The zero-order valence-electron chi connectivity index (χ0n) is 16.8. The fraction of sp³-hybridized carbons (Fsp3) is 0.0909. The van der Waals surface area contributed by atoms with Crippen molar-refractivity contribution in [1.82, 2.24) is 19.7 Å². The minimum Gasteiger partial charge on any atom is -0.497 e. The standard InChI is InChI=1S/C22H17F2N5O2S/c1-31-17-5-3-16(4-6-17)29-21(14-8-10-25-11-9-14)27-28-22(29)32-13-20(30)26-19-7-2-15(23)12-18(19)24/h2-12H,13H2,1H3,(H,26,30). The second-order valence-electron chi connectivity index (χ2n) is 6.54. The monoisotopic (exact) mass is 453 g/mol. The van der Waals surface area contributed by atoms with Gasteiger partial charge in [0.2, 0.25) is 5.91 Å². The van der Waals surface area contributed by atoms with Crippen molar-refractivity contribution in [2.75, 3.05) is 18.2 Å². The number of benzene rings is 2. The highest BCUT2D eigenvalue weighted by molar-refractivity contribution is 7.99. The summed E-state index contributed by atoms with van der Waals surface area (Å²) in [4.78, 5) is 16.4. The molecule has 0 saturated carbocycles. The van der Waals surface area contributed by atoms with E-state index in [1.165, 1.54) is 6.07 Å². The quantitative estimate of drug-likeness (QED) is 0.419. The van der Waals surface area contributed by atoms with Crippen LogP contribution < -0.4 is 10.1 Å². The SMILES string of the molecule is COc1ccc(-n2c(SCC(=O)Nc3ccc(F)cc3F)nnc2-c2ccncc2)cc1. The highest BCUT2D eigenvalue weighted by Gasteiger charge is 2.18. The van der Waals surface area contributed by atoms with Gasteiger partial charge in [-0.1, -0.05) is 11.8 Å². The van der Waals surface area contributed by atoms with E-state index in [0.29, 0.717) is 22.8 Å². The Balaban J connectivity index is 1.59. The number of hydrogen-bond acceptors (Lipinski definition) is 6. The normalized spacial score (nSPS) is 10.7. The van der Waals surface area contributed by atoms with Gasteiger partial charge in [-0.2, -0.15) is 0 Å². The van der Waals surface area contributed by atoms with E-state index in [0.717, 1.165) is 29.1 Å². The molecule has 10 heteroatoms. The maximum absolute atomic E-state index is 13.8. The molecule has 0 saturated heterocycles. The second-order valence-corrected chi connectivity index (χ2v) is 7.48. The number of halogens is 2. The molecule has 0 aliphatic rings. The minimum absolute atomic E-state index is 0.0541. The topological polar surface area (TPSA) is 81.9 Å². The largest absolute Gasteiger partial charge is 0.497 e. The molecule has 2 heterocycles. The van der Waals surface area contributed by atoms with Crippen LogP contribution in [0.3, 0.4) is 0 Å². The number of amides is 1. The van der Waals surface area contributed by atoms with Crippen molar-refractivity contribution in [3.63, 3.8) is 0 Å². The molecule has 2 aromatic carbocycles. The van der Waals surface area contributed by atoms with Crippen LogP contribution in [0.2, 0.25) is 0 Å². The van der Waals surface area contributed by atoms with Crippen LogP contribution in [0.25, 0.3) is 17.1 Å². The van der Waals surface area contributed by atoms with E-state index in [-0.39, 0.29) is 11.4 Å². The summed E-state index contributed by atoms with van der Waals surface area (Å²) in [7, 11) is 1.58. The number of anilines is 1. The smallest absolute Gasteiger partial charge is 0.234 e. The van der Waals surface area contributed by atoms with Crippen molar-refractivity contribution in [1.29, 1.82) is 0 Å². The molecule has 1 amide bonds. The first-order valence-electron chi connectivity index (χ1n) is 9.43. The van der Waals surface area contributed by atoms with Gasteiger partial charge in [-0.05, 0) is 48.5 Å². The van der Waals surface area contributed by atoms with Crippen LogP contribution in [0.1, 0.15) is 0 Å². The highest BCUT2D eigenvalue weighted by atomic mass is 32.2. The van der Waals surface area contributed by atoms with E-state index in [9.17, 15) is 13.6 Å². The Morgan fingerprint density at radius 1 is 1.06 bits per heavy atom. The fourth-order valence-corrected chi connectivity index (χ4v) is 3.67. The summed E-state index contributed by atoms with van der Waals surface area (Å²) in [5.74, 6) is -0.806. The summed E-state index contributed by atoms with van der Waals surface area (Å²) in [6.45, 7) is 0. The van der Waals surface area contributed by atoms with Gasteiger partial charge in [-0.15, -0.1) is 10.2 Å². The van der Waals surface area contributed by atoms with Gasteiger partial charge in [-0.3, -0.25) is 14.3 Å². The van der Waals surface area contributed by atoms with E-state index in [4.69, 9.17) is 4.74 Å². The van der Waals surface area contributed by atoms with Gasteiger partial charge in [0, 0.05) is 29.7 Å². The molecule has 0 atom stereocenters. The Bertz CT molecular complexity index is 1230. The Morgan fingerprint density at radius 3 is 2.50 bits per heavy atom. The lowest BCUT2D eigenvalue weighted by Crippen LogP contribution is -2.15. The lowest BCUT2D eigenvalue weighted by atomic mass is 10.2. The van der Waals surface area contributed by atoms with Gasteiger partial charge < -0.3 is 10.1 Å². The van der Waals surface area contributed by atoms with Crippen molar-refractivity contribution in [2.24, 2.45) is 0 Å². The number of ether oxygens (including phenoxy) is 1. The van der Waals surface area contributed by atoms with Crippen LogP contribution in [0.4, 0.5) is 14.5 Å². The molecule has 162 valence electrons. The number of hydrogen-bond donors (Lipinski definition) is 1. The number of thioether (sulfide) groups is 1. The third-order valence-corrected chi connectivity index (χ3v) is 5.37. The van der Waals surface area contributed by atoms with Crippen LogP contribution in [-0.2, 0) is 4.79 Å². The van der Waals surface area contributed by atoms with Crippen molar-refractivity contribution in [2.45, 2.75) is 5.16 Å². The summed E-state index contributed by atoms with van der Waals surface area (Å²) >= 11 is 1.14. The first kappa shape index (κ1) is 21.4. The summed E-state index contributed by atoms with van der Waals surface area (Å²) < 4.78 is 33.9. The number of aromatic nitrogens is 4. The van der Waals surface area contributed by atoms with E-state index in [1.54, 1.807) is 19.5 Å². The van der Waals surface area contributed by atoms with E-state index in [1.807, 2.05) is 41.0 Å². The predicted molar refractivity (Wildman–Crippen MR) is 117 cm³/mol. The molecule has 4 aromatic rings. The van der Waals surface area contributed by atoms with Gasteiger partial charge in [0.25, 0.3) is 0 Å². The average molecular weight is 453 g/mol. The number of carbonyl (C=O) groups excluding carboxylic acids is 1. The molecule has 4 rings (SSSR count). The van der Waals surface area contributed by atoms with Crippen molar-refractivity contribution < 1.29 is 18.3 Å². The number of methoxy groups -OCH3 is 1. The van der Waals surface area contributed by atoms with Crippen molar-refractivity contribution >= 4 is 23.4 Å². The van der Waals surface area contributed by atoms with Crippen LogP contribution in [0.15, 0.2) is 72.1 Å². The van der Waals surface area contributed by atoms with E-state index >= 15 is 0 Å². The minimum atomic E-state index is -0.843. The fourth-order valence-electron chi connectivity index (χ4n) is 2.92. The lowest BCUT2D eigenvalue weighted by molar-refractivity contribution is -0.113. The van der Waals surface area contributed by atoms with E-state index in [2.05, 4.69) is 20.5 Å². The summed E-state index contributed by atoms with van der Waals surface area (Å²) in [5, 5.41) is 11.4. The molecule has 0 unspecified atom stereocenters. The molecule has 1 N–H and O–H groups in total. The molecular formula is C22H17F2N5O2S. The van der Waals surface area contributed by atoms with E-state index < -0.39 is 17.5 Å². The maximum atomic E-state index is 13.8. The number of carbonyl (C=O) groups is 1. The van der Waals surface area contributed by atoms with Crippen LogP contribution >= 0.6 is 11.8 Å². The van der Waals surface area contributed by atoms with Crippen molar-refractivity contribution in [3.8, 4) is 22.8 Å². The molecule has 7 nitrogen and oxygen atoms in total. The Hall–Kier alpha value is -3.79. The van der Waals surface area contributed by atoms with Gasteiger partial charge in [0.1, 0.15) is 17.4 Å². The molecule has 0 spiro atoms. The van der Waals surface area contributed by atoms with Crippen LogP contribution in [-0.4, -0.2) is 38.5 Å². The molecule has 0 fully saturated rings. The Kier molecular flexibility index (Phi) is 6.41. The lowest BCUT2D eigenvalue weighted by Gasteiger charge is -2.11. The third-order valence-electron chi connectivity index (χ3n) is 4.44. The zero-order chi connectivity index (χ0) is 22.5. The molecule has 0 bridgehead atoms. The summed E-state index contributed by atoms with van der Waals surface area (Å²) in [6, 6.07) is 13.9. The summed E-state index contributed by atoms with van der Waals surface area (Å²) in [5.41, 5.74) is 1.48. The highest BCUT2D eigenvalue weighted by Crippen LogP contribution is 2.29. The molecule has 2 aromatic heterocycles. The van der Waals surface area contributed by atoms with Gasteiger partial charge >= 0.3 is 0 Å². The number of pyridine rings is 1. The molecule has 0 aliphatic carbocycles. The predicted octanol–water partition coefficient (Wildman–Crippen LogP) is 4.35. The van der Waals surface area contributed by atoms with Gasteiger partial charge in [-0.25, -0.2) is 8.78 Å². The maximum Gasteiger partial charge on any atom is 0.234 e. The average Bonchev–Trinajstić information content (AvgIpc) is 3.24. The summed E-state index contributed by atoms with van der Waals surface area (Å²) in [6.07, 6.45) is 3.31. The molecule has 32 heavy (non-hydrogen) atoms. The van der Waals surface area contributed by atoms with Crippen LogP contribution in [0.5, 0.6) is 5.75 Å². The molecule has 0 aliphatic heterocycles. The molecule has 0 radical (unpaired) electrons. The Morgan fingerprint density at radius 2 is 1.81 bits per heavy atom. The molecular weight excluding hydrogens is 436 g/mol. The third kappa shape index (κ3) is 4.75.